The van der Waals surface area contributed by atoms with Crippen LogP contribution in [0.2, 0.25) is 0 Å². The molecule has 0 saturated heterocycles. The molecule has 0 saturated carbocycles. The number of carbonyl (C=O) groups is 1. The van der Waals surface area contributed by atoms with Gasteiger partial charge in [-0.2, -0.15) is 0 Å². The minimum Gasteiger partial charge on any atom is -0.277 e. The Labute approximate surface area is 129 Å². The normalized spacial score (nSPS) is 12.7. The topological polar surface area (TPSA) is 118 Å². The first-order chi connectivity index (χ1) is 10.1. The first-order valence-electron chi connectivity index (χ1n) is 6.67. The maximum atomic E-state index is 12.2. The van der Waals surface area contributed by atoms with Crippen molar-refractivity contribution in [2.45, 2.75) is 39.0 Å². The number of rotatable bonds is 6. The van der Waals surface area contributed by atoms with Crippen LogP contribution in [0, 0.1) is 29.9 Å². The largest absolute Gasteiger partial charge is 0.289 e. The quantitative estimate of drug-likeness (QED) is 0.606. The highest BCUT2D eigenvalue weighted by Crippen LogP contribution is 2.26. The van der Waals surface area contributed by atoms with Gasteiger partial charge in [0.05, 0.1) is 4.92 Å². The molecule has 9 heteroatoms. The highest BCUT2D eigenvalue weighted by molar-refractivity contribution is 7.89. The van der Waals surface area contributed by atoms with Crippen molar-refractivity contribution in [2.75, 3.05) is 0 Å². The number of nitrogens with one attached hydrogen (secondary N) is 2. The predicted octanol–water partition coefficient (Wildman–Crippen LogP) is 1.57. The van der Waals surface area contributed by atoms with Crippen molar-refractivity contribution in [3.05, 3.63) is 33.4 Å². The van der Waals surface area contributed by atoms with E-state index in [0.717, 1.165) is 0 Å². The zero-order valence-electron chi connectivity index (χ0n) is 12.8. The van der Waals surface area contributed by atoms with E-state index in [4.69, 9.17) is 0 Å². The second-order valence-corrected chi connectivity index (χ2v) is 6.72. The number of aryl methyl sites for hydroxylation is 2. The van der Waals surface area contributed by atoms with E-state index in [1.807, 2.05) is 4.83 Å². The van der Waals surface area contributed by atoms with Gasteiger partial charge in [0, 0.05) is 12.0 Å². The van der Waals surface area contributed by atoms with Crippen LogP contribution >= 0.6 is 0 Å². The molecule has 1 atom stereocenters. The zero-order valence-corrected chi connectivity index (χ0v) is 13.7. The Morgan fingerprint density at radius 1 is 1.32 bits per heavy atom. The average Bonchev–Trinajstić information content (AvgIpc) is 2.45. The number of benzene rings is 1. The van der Waals surface area contributed by atoms with Crippen LogP contribution in [0.5, 0.6) is 0 Å². The SMILES string of the molecule is CC[C@@H](C)C(=O)NNS(=O)(=O)c1cc(C)c(C)cc1[N+](=O)[O-]. The summed E-state index contributed by atoms with van der Waals surface area (Å²) >= 11 is 0. The van der Waals surface area contributed by atoms with Gasteiger partial charge in [-0.15, -0.1) is 4.83 Å². The zero-order chi connectivity index (χ0) is 17.1. The van der Waals surface area contributed by atoms with E-state index in [2.05, 4.69) is 5.43 Å². The lowest BCUT2D eigenvalue weighted by atomic mass is 10.1. The number of hydrogen-bond acceptors (Lipinski definition) is 5. The summed E-state index contributed by atoms with van der Waals surface area (Å²) in [6.07, 6.45) is 0.539. The second kappa shape index (κ2) is 6.84. The van der Waals surface area contributed by atoms with Crippen LogP contribution in [0.15, 0.2) is 17.0 Å². The van der Waals surface area contributed by atoms with Crippen molar-refractivity contribution in [2.24, 2.45) is 5.92 Å². The highest BCUT2D eigenvalue weighted by Gasteiger charge is 2.27. The standard InChI is InChI=1S/C13H19N3O5S/c1-5-8(2)13(17)14-15-22(20,21)12-7-10(4)9(3)6-11(12)16(18)19/h6-8,15H,5H2,1-4H3,(H,14,17)/t8-/m1/s1. The number of sulfonamides is 1. The molecule has 0 aliphatic rings. The van der Waals surface area contributed by atoms with Gasteiger partial charge in [0.1, 0.15) is 0 Å². The molecule has 2 N–H and O–H groups in total. The average molecular weight is 329 g/mol. The molecule has 1 aromatic carbocycles. The van der Waals surface area contributed by atoms with E-state index < -0.39 is 31.4 Å². The summed E-state index contributed by atoms with van der Waals surface area (Å²) in [5.41, 5.74) is 2.74. The Morgan fingerprint density at radius 3 is 2.36 bits per heavy atom. The molecule has 0 bridgehead atoms. The lowest BCUT2D eigenvalue weighted by molar-refractivity contribution is -0.387. The van der Waals surface area contributed by atoms with E-state index in [-0.39, 0.29) is 5.92 Å². The molecule has 22 heavy (non-hydrogen) atoms. The number of nitro benzene ring substituents is 1. The van der Waals surface area contributed by atoms with Crippen LogP contribution in [0.25, 0.3) is 0 Å². The number of carbonyl (C=O) groups excluding carboxylic acids is 1. The Hall–Kier alpha value is -2.00. The van der Waals surface area contributed by atoms with E-state index in [1.54, 1.807) is 27.7 Å². The van der Waals surface area contributed by atoms with E-state index >= 15 is 0 Å². The number of hydrazine groups is 1. The summed E-state index contributed by atoms with van der Waals surface area (Å²) in [7, 11) is -4.24. The van der Waals surface area contributed by atoms with Crippen LogP contribution in [0.3, 0.4) is 0 Å². The minimum atomic E-state index is -4.24. The first kappa shape index (κ1) is 18.1. The summed E-state index contributed by atoms with van der Waals surface area (Å²) < 4.78 is 24.4. The third-order valence-electron chi connectivity index (χ3n) is 3.43. The monoisotopic (exact) mass is 329 g/mol. The number of nitro groups is 1. The molecular formula is C13H19N3O5S. The number of amides is 1. The molecule has 1 amide bonds. The molecule has 0 radical (unpaired) electrons. The van der Waals surface area contributed by atoms with Crippen LogP contribution in [-0.2, 0) is 14.8 Å². The van der Waals surface area contributed by atoms with E-state index in [0.29, 0.717) is 17.5 Å². The predicted molar refractivity (Wildman–Crippen MR) is 80.5 cm³/mol. The second-order valence-electron chi connectivity index (χ2n) is 5.07. The molecule has 8 nitrogen and oxygen atoms in total. The Balaban J connectivity index is 3.15. The van der Waals surface area contributed by atoms with Gasteiger partial charge in [0.15, 0.2) is 4.90 Å². The van der Waals surface area contributed by atoms with Crippen molar-refractivity contribution in [3.8, 4) is 0 Å². The van der Waals surface area contributed by atoms with Gasteiger partial charge in [0.2, 0.25) is 5.91 Å². The third kappa shape index (κ3) is 4.01. The number of hydrogen-bond donors (Lipinski definition) is 2. The van der Waals surface area contributed by atoms with Crippen LogP contribution < -0.4 is 10.3 Å². The minimum absolute atomic E-state index is 0.377. The summed E-state index contributed by atoms with van der Waals surface area (Å²) in [5.74, 6) is -0.880. The number of nitrogens with zero attached hydrogens (tertiary/aromatic N) is 1. The van der Waals surface area contributed by atoms with Gasteiger partial charge >= 0.3 is 0 Å². The molecule has 0 unspecified atom stereocenters. The third-order valence-corrected chi connectivity index (χ3v) is 4.71. The lowest BCUT2D eigenvalue weighted by Gasteiger charge is -2.12. The van der Waals surface area contributed by atoms with Crippen molar-refractivity contribution < 1.29 is 18.1 Å². The summed E-state index contributed by atoms with van der Waals surface area (Å²) in [6, 6.07) is 2.41. The van der Waals surface area contributed by atoms with Crippen LogP contribution in [0.4, 0.5) is 5.69 Å². The molecular weight excluding hydrogens is 310 g/mol. The molecule has 0 aliphatic carbocycles. The maximum Gasteiger partial charge on any atom is 0.289 e. The van der Waals surface area contributed by atoms with Crippen molar-refractivity contribution in [3.63, 3.8) is 0 Å². The van der Waals surface area contributed by atoms with Crippen LogP contribution in [-0.4, -0.2) is 19.2 Å². The van der Waals surface area contributed by atoms with E-state index in [1.165, 1.54) is 12.1 Å². The van der Waals surface area contributed by atoms with E-state index in [9.17, 15) is 23.3 Å². The van der Waals surface area contributed by atoms with Crippen molar-refractivity contribution in [1.29, 1.82) is 0 Å². The van der Waals surface area contributed by atoms with Gasteiger partial charge in [-0.1, -0.05) is 13.8 Å². The van der Waals surface area contributed by atoms with Crippen molar-refractivity contribution >= 4 is 21.6 Å². The van der Waals surface area contributed by atoms with Gasteiger partial charge in [-0.25, -0.2) is 8.42 Å². The maximum absolute atomic E-state index is 12.2. The fraction of sp³-hybridized carbons (Fsp3) is 0.462. The smallest absolute Gasteiger partial charge is 0.277 e. The van der Waals surface area contributed by atoms with Gasteiger partial charge in [-0.05, 0) is 37.5 Å². The Bertz CT molecular complexity index is 700. The molecule has 0 fully saturated rings. The molecule has 0 spiro atoms. The first-order valence-corrected chi connectivity index (χ1v) is 8.15. The fourth-order valence-electron chi connectivity index (χ4n) is 1.61. The van der Waals surface area contributed by atoms with Crippen molar-refractivity contribution in [1.82, 2.24) is 10.3 Å². The molecule has 1 rings (SSSR count). The molecule has 0 aromatic heterocycles. The van der Waals surface area contributed by atoms with Gasteiger partial charge in [-0.3, -0.25) is 20.3 Å². The van der Waals surface area contributed by atoms with Gasteiger partial charge < -0.3 is 0 Å². The fourth-order valence-corrected chi connectivity index (χ4v) is 2.70. The Morgan fingerprint density at radius 2 is 1.86 bits per heavy atom. The summed E-state index contributed by atoms with van der Waals surface area (Å²) in [5, 5.41) is 11.1. The Kier molecular flexibility index (Phi) is 5.61. The summed E-state index contributed by atoms with van der Waals surface area (Å²) in [4.78, 5) is 23.3. The highest BCUT2D eigenvalue weighted by atomic mass is 32.2. The molecule has 0 aliphatic heterocycles. The summed E-state index contributed by atoms with van der Waals surface area (Å²) in [6.45, 7) is 6.72. The molecule has 0 heterocycles. The molecule has 1 aromatic rings. The lowest BCUT2D eigenvalue weighted by Crippen LogP contribution is -2.44. The molecule has 122 valence electrons. The van der Waals surface area contributed by atoms with Gasteiger partial charge in [0.25, 0.3) is 15.7 Å². The van der Waals surface area contributed by atoms with Crippen LogP contribution in [0.1, 0.15) is 31.4 Å².